The first kappa shape index (κ1) is 17.8. The summed E-state index contributed by atoms with van der Waals surface area (Å²) in [5, 5.41) is 9.74. The number of rotatable bonds is 5. The number of carboxylic acid groups (broad SMARTS) is 1. The summed E-state index contributed by atoms with van der Waals surface area (Å²) >= 11 is 6.10. The number of methoxy groups -OCH3 is 1. The van der Waals surface area contributed by atoms with Crippen molar-refractivity contribution in [3.63, 3.8) is 0 Å². The molecule has 0 radical (unpaired) electrons. The highest BCUT2D eigenvalue weighted by molar-refractivity contribution is 6.32. The zero-order chi connectivity index (χ0) is 18.8. The van der Waals surface area contributed by atoms with E-state index in [2.05, 4.69) is 0 Å². The molecule has 1 aromatic heterocycles. The molecule has 0 amide bonds. The van der Waals surface area contributed by atoms with Gasteiger partial charge in [-0.3, -0.25) is 18.7 Å². The van der Waals surface area contributed by atoms with Crippen LogP contribution in [0.15, 0.2) is 52.1 Å². The Morgan fingerprint density at radius 1 is 1.15 bits per heavy atom. The van der Waals surface area contributed by atoms with Crippen LogP contribution in [0.2, 0.25) is 5.02 Å². The number of aliphatic carboxylic acids is 1. The number of para-hydroxylation sites is 1. The maximum Gasteiger partial charge on any atom is 0.332 e. The van der Waals surface area contributed by atoms with Gasteiger partial charge in [-0.15, -0.1) is 0 Å². The van der Waals surface area contributed by atoms with E-state index >= 15 is 0 Å². The monoisotopic (exact) mass is 374 g/mol. The molecule has 0 atom stereocenters. The van der Waals surface area contributed by atoms with E-state index < -0.39 is 23.8 Å². The van der Waals surface area contributed by atoms with Crippen molar-refractivity contribution in [1.29, 1.82) is 0 Å². The van der Waals surface area contributed by atoms with Gasteiger partial charge in [0.05, 0.1) is 29.6 Å². The van der Waals surface area contributed by atoms with E-state index in [-0.39, 0.29) is 17.4 Å². The number of halogens is 1. The predicted octanol–water partition coefficient (Wildman–Crippen LogP) is 1.96. The Bertz CT molecular complexity index is 1120. The number of hydrogen-bond acceptors (Lipinski definition) is 4. The van der Waals surface area contributed by atoms with Crippen molar-refractivity contribution in [1.82, 2.24) is 9.13 Å². The number of carboxylic acids is 1. The Balaban J connectivity index is 2.20. The van der Waals surface area contributed by atoms with Gasteiger partial charge in [0, 0.05) is 0 Å². The summed E-state index contributed by atoms with van der Waals surface area (Å²) in [6.45, 7) is -0.575. The smallest absolute Gasteiger partial charge is 0.332 e. The van der Waals surface area contributed by atoms with Gasteiger partial charge in [0.1, 0.15) is 12.3 Å². The number of nitrogens with zero attached hydrogens (tertiary/aromatic N) is 2. The third-order valence-corrected chi connectivity index (χ3v) is 4.28. The molecule has 0 bridgehead atoms. The summed E-state index contributed by atoms with van der Waals surface area (Å²) in [7, 11) is 1.49. The molecule has 3 rings (SSSR count). The highest BCUT2D eigenvalue weighted by Gasteiger charge is 2.15. The molecule has 0 unspecified atom stereocenters. The topological polar surface area (TPSA) is 90.5 Å². The van der Waals surface area contributed by atoms with Crippen LogP contribution in [0.4, 0.5) is 0 Å². The summed E-state index contributed by atoms with van der Waals surface area (Å²) in [6.07, 6.45) is 0. The van der Waals surface area contributed by atoms with E-state index in [0.29, 0.717) is 16.3 Å². The number of hydrogen-bond donors (Lipinski definition) is 1. The minimum Gasteiger partial charge on any atom is -0.495 e. The van der Waals surface area contributed by atoms with Crippen LogP contribution in [0.1, 0.15) is 5.56 Å². The fraction of sp³-hybridized carbons (Fsp3) is 0.167. The van der Waals surface area contributed by atoms with Crippen LogP contribution in [0.25, 0.3) is 10.9 Å². The molecular weight excluding hydrogens is 360 g/mol. The van der Waals surface area contributed by atoms with Crippen molar-refractivity contribution in [2.75, 3.05) is 7.11 Å². The molecule has 0 saturated carbocycles. The quantitative estimate of drug-likeness (QED) is 0.737. The molecule has 7 nitrogen and oxygen atoms in total. The van der Waals surface area contributed by atoms with Gasteiger partial charge >= 0.3 is 11.7 Å². The molecule has 0 aliphatic rings. The van der Waals surface area contributed by atoms with Gasteiger partial charge in [0.25, 0.3) is 5.56 Å². The van der Waals surface area contributed by atoms with Crippen LogP contribution >= 0.6 is 11.6 Å². The van der Waals surface area contributed by atoms with Gasteiger partial charge in [0.15, 0.2) is 0 Å². The zero-order valence-electron chi connectivity index (χ0n) is 13.8. The Hall–Kier alpha value is -3.06. The van der Waals surface area contributed by atoms with E-state index in [9.17, 15) is 14.4 Å². The molecule has 1 N–H and O–H groups in total. The van der Waals surface area contributed by atoms with E-state index in [4.69, 9.17) is 21.4 Å². The molecule has 2 aromatic carbocycles. The second-order valence-corrected chi connectivity index (χ2v) is 6.05. The molecule has 1 heterocycles. The number of fused-ring (bicyclic) bond motifs is 1. The summed E-state index contributed by atoms with van der Waals surface area (Å²) in [4.78, 5) is 36.7. The lowest BCUT2D eigenvalue weighted by Crippen LogP contribution is -2.41. The van der Waals surface area contributed by atoms with Gasteiger partial charge in [-0.05, 0) is 29.8 Å². The Kier molecular flexibility index (Phi) is 4.81. The van der Waals surface area contributed by atoms with Crippen LogP contribution in [0.3, 0.4) is 0 Å². The van der Waals surface area contributed by atoms with E-state index in [0.717, 1.165) is 9.13 Å². The fourth-order valence-corrected chi connectivity index (χ4v) is 3.07. The molecule has 3 aromatic rings. The number of benzene rings is 2. The lowest BCUT2D eigenvalue weighted by atomic mass is 10.2. The standard InChI is InChI=1S/C18H15ClN2O5/c1-26-15-7-6-11(8-13(15)19)9-21-17(24)12-4-2-3-5-14(12)20(18(21)25)10-16(22)23/h2-8H,9-10H2,1H3,(H,22,23). The van der Waals surface area contributed by atoms with Crippen LogP contribution in [0, 0.1) is 0 Å². The van der Waals surface area contributed by atoms with Crippen molar-refractivity contribution in [2.45, 2.75) is 13.1 Å². The maximum absolute atomic E-state index is 12.8. The molecule has 0 saturated heterocycles. The van der Waals surface area contributed by atoms with Crippen molar-refractivity contribution < 1.29 is 14.6 Å². The first-order valence-electron chi connectivity index (χ1n) is 7.69. The zero-order valence-corrected chi connectivity index (χ0v) is 14.6. The largest absolute Gasteiger partial charge is 0.495 e. The van der Waals surface area contributed by atoms with Gasteiger partial charge < -0.3 is 9.84 Å². The lowest BCUT2D eigenvalue weighted by Gasteiger charge is -2.13. The molecule has 26 heavy (non-hydrogen) atoms. The number of ether oxygens (including phenoxy) is 1. The Labute approximate surface area is 152 Å². The molecule has 0 spiro atoms. The average molecular weight is 375 g/mol. The fourth-order valence-electron chi connectivity index (χ4n) is 2.79. The molecule has 134 valence electrons. The van der Waals surface area contributed by atoms with Crippen LogP contribution in [-0.2, 0) is 17.9 Å². The maximum atomic E-state index is 12.8. The second kappa shape index (κ2) is 7.05. The molecule has 0 aliphatic carbocycles. The molecule has 0 fully saturated rings. The average Bonchev–Trinajstić information content (AvgIpc) is 2.62. The van der Waals surface area contributed by atoms with E-state index in [1.54, 1.807) is 42.5 Å². The molecule has 8 heteroatoms. The minimum atomic E-state index is -1.17. The van der Waals surface area contributed by atoms with Crippen LogP contribution in [0.5, 0.6) is 5.75 Å². The predicted molar refractivity (Wildman–Crippen MR) is 97.2 cm³/mol. The van der Waals surface area contributed by atoms with E-state index in [1.807, 2.05) is 0 Å². The summed E-state index contributed by atoms with van der Waals surface area (Å²) in [6, 6.07) is 11.3. The summed E-state index contributed by atoms with van der Waals surface area (Å²) < 4.78 is 7.16. The Morgan fingerprint density at radius 2 is 1.88 bits per heavy atom. The van der Waals surface area contributed by atoms with Crippen LogP contribution in [-0.4, -0.2) is 27.3 Å². The van der Waals surface area contributed by atoms with Gasteiger partial charge in [0.2, 0.25) is 0 Å². The minimum absolute atomic E-state index is 0.0359. The van der Waals surface area contributed by atoms with Crippen molar-refractivity contribution in [2.24, 2.45) is 0 Å². The number of aromatic nitrogens is 2. The first-order chi connectivity index (χ1) is 12.4. The number of carbonyl (C=O) groups is 1. The van der Waals surface area contributed by atoms with Gasteiger partial charge in [-0.2, -0.15) is 0 Å². The highest BCUT2D eigenvalue weighted by atomic mass is 35.5. The molecular formula is C18H15ClN2O5. The van der Waals surface area contributed by atoms with Crippen molar-refractivity contribution in [3.8, 4) is 5.75 Å². The van der Waals surface area contributed by atoms with Gasteiger partial charge in [-0.1, -0.05) is 29.8 Å². The van der Waals surface area contributed by atoms with Crippen molar-refractivity contribution in [3.05, 3.63) is 73.9 Å². The molecule has 0 aliphatic heterocycles. The second-order valence-electron chi connectivity index (χ2n) is 5.64. The Morgan fingerprint density at radius 3 is 2.54 bits per heavy atom. The first-order valence-corrected chi connectivity index (χ1v) is 8.06. The third-order valence-electron chi connectivity index (χ3n) is 3.98. The van der Waals surface area contributed by atoms with Crippen molar-refractivity contribution >= 4 is 28.5 Å². The lowest BCUT2D eigenvalue weighted by molar-refractivity contribution is -0.137. The summed E-state index contributed by atoms with van der Waals surface area (Å²) in [5.74, 6) is -0.695. The van der Waals surface area contributed by atoms with Crippen LogP contribution < -0.4 is 16.0 Å². The normalized spacial score (nSPS) is 10.8. The summed E-state index contributed by atoms with van der Waals surface area (Å²) in [5.41, 5.74) is -0.275. The highest BCUT2D eigenvalue weighted by Crippen LogP contribution is 2.25. The third kappa shape index (κ3) is 3.21. The van der Waals surface area contributed by atoms with E-state index in [1.165, 1.54) is 7.11 Å². The SMILES string of the molecule is COc1ccc(Cn2c(=O)c3ccccc3n(CC(=O)O)c2=O)cc1Cl. The van der Waals surface area contributed by atoms with Gasteiger partial charge in [-0.25, -0.2) is 4.79 Å².